The fourth-order valence-electron chi connectivity index (χ4n) is 3.33. The quantitative estimate of drug-likeness (QED) is 0.897. The maximum absolute atomic E-state index is 4.52. The Hall–Kier alpha value is -0.480. The number of aromatic nitrogens is 2. The van der Waals surface area contributed by atoms with E-state index in [0.717, 1.165) is 12.2 Å². The Balaban J connectivity index is 2.03. The normalized spacial score (nSPS) is 19.8. The smallest absolute Gasteiger partial charge is 0.0644 e. The van der Waals surface area contributed by atoms with Crippen molar-refractivity contribution in [3.8, 4) is 0 Å². The highest BCUT2D eigenvalue weighted by atomic mass is 32.2. The zero-order valence-electron chi connectivity index (χ0n) is 12.9. The van der Waals surface area contributed by atoms with Gasteiger partial charge in [-0.3, -0.25) is 4.68 Å². The van der Waals surface area contributed by atoms with Gasteiger partial charge in [0.1, 0.15) is 0 Å². The summed E-state index contributed by atoms with van der Waals surface area (Å²) in [5, 5.41) is 8.27. The van der Waals surface area contributed by atoms with Gasteiger partial charge in [-0.2, -0.15) is 16.9 Å². The van der Waals surface area contributed by atoms with E-state index in [9.17, 15) is 0 Å². The van der Waals surface area contributed by atoms with Gasteiger partial charge >= 0.3 is 0 Å². The predicted octanol–water partition coefficient (Wildman–Crippen LogP) is 3.36. The van der Waals surface area contributed by atoms with Crippen molar-refractivity contribution in [1.82, 2.24) is 15.1 Å². The van der Waals surface area contributed by atoms with E-state index in [2.05, 4.69) is 37.4 Å². The topological polar surface area (TPSA) is 29.9 Å². The molecule has 1 aliphatic carbocycles. The lowest BCUT2D eigenvalue weighted by Crippen LogP contribution is -2.36. The van der Waals surface area contributed by atoms with Gasteiger partial charge in [0.15, 0.2) is 0 Å². The number of nitrogens with one attached hydrogen (secondary N) is 1. The van der Waals surface area contributed by atoms with E-state index in [1.807, 2.05) is 23.5 Å². The Morgan fingerprint density at radius 2 is 2.00 bits per heavy atom. The molecule has 0 aromatic carbocycles. The first-order valence-electron chi connectivity index (χ1n) is 7.28. The molecule has 1 N–H and O–H groups in total. The van der Waals surface area contributed by atoms with Crippen LogP contribution >= 0.6 is 11.8 Å². The van der Waals surface area contributed by atoms with Gasteiger partial charge in [-0.15, -0.1) is 0 Å². The minimum atomic E-state index is 0.387. The van der Waals surface area contributed by atoms with E-state index in [4.69, 9.17) is 0 Å². The minimum Gasteiger partial charge on any atom is -0.309 e. The summed E-state index contributed by atoms with van der Waals surface area (Å²) >= 11 is 2.05. The van der Waals surface area contributed by atoms with Crippen LogP contribution in [0.1, 0.15) is 55.6 Å². The van der Waals surface area contributed by atoms with Crippen LogP contribution in [0.2, 0.25) is 0 Å². The summed E-state index contributed by atoms with van der Waals surface area (Å²) in [5.74, 6) is 0. The summed E-state index contributed by atoms with van der Waals surface area (Å²) in [6.45, 7) is 7.65. The molecule has 0 radical (unpaired) electrons. The van der Waals surface area contributed by atoms with Crippen LogP contribution in [0.3, 0.4) is 0 Å². The highest BCUT2D eigenvalue weighted by molar-refractivity contribution is 8.00. The van der Waals surface area contributed by atoms with Crippen LogP contribution < -0.4 is 5.32 Å². The number of rotatable bonds is 5. The standard InChI is InChI=1S/C15H27N3S/c1-11(14-12(2)17-18(4)13(14)3)16-10-15(19-5)8-6-7-9-15/h11,16H,6-10H2,1-5H3. The molecular formula is C15H27N3S. The molecule has 1 heterocycles. The summed E-state index contributed by atoms with van der Waals surface area (Å²) in [6, 6.07) is 0.387. The van der Waals surface area contributed by atoms with Gasteiger partial charge in [0.2, 0.25) is 0 Å². The average molecular weight is 281 g/mol. The van der Waals surface area contributed by atoms with Crippen LogP contribution in [-0.2, 0) is 7.05 Å². The fraction of sp³-hybridized carbons (Fsp3) is 0.800. The second-order valence-electron chi connectivity index (χ2n) is 5.90. The Morgan fingerprint density at radius 1 is 1.37 bits per heavy atom. The van der Waals surface area contributed by atoms with Crippen LogP contribution in [-0.4, -0.2) is 27.3 Å². The third-order valence-corrected chi connectivity index (χ3v) is 6.09. The number of nitrogens with zero attached hydrogens (tertiary/aromatic N) is 2. The number of hydrogen-bond donors (Lipinski definition) is 1. The van der Waals surface area contributed by atoms with Crippen molar-refractivity contribution in [2.45, 2.75) is 57.2 Å². The number of thioether (sulfide) groups is 1. The van der Waals surface area contributed by atoms with Crippen LogP contribution in [0.4, 0.5) is 0 Å². The van der Waals surface area contributed by atoms with Crippen LogP contribution in [0, 0.1) is 13.8 Å². The van der Waals surface area contributed by atoms with Crippen molar-refractivity contribution in [2.75, 3.05) is 12.8 Å². The molecule has 108 valence electrons. The van der Waals surface area contributed by atoms with Crippen molar-refractivity contribution < 1.29 is 0 Å². The largest absolute Gasteiger partial charge is 0.309 e. The van der Waals surface area contributed by atoms with E-state index >= 15 is 0 Å². The van der Waals surface area contributed by atoms with Crippen molar-refractivity contribution in [3.63, 3.8) is 0 Å². The van der Waals surface area contributed by atoms with Gasteiger partial charge in [-0.25, -0.2) is 0 Å². The molecular weight excluding hydrogens is 254 g/mol. The van der Waals surface area contributed by atoms with E-state index < -0.39 is 0 Å². The lowest BCUT2D eigenvalue weighted by atomic mass is 10.0. The van der Waals surface area contributed by atoms with Crippen LogP contribution in [0.25, 0.3) is 0 Å². The monoisotopic (exact) mass is 281 g/mol. The Bertz CT molecular complexity index is 433. The zero-order chi connectivity index (χ0) is 14.0. The third kappa shape index (κ3) is 3.00. The van der Waals surface area contributed by atoms with Crippen molar-refractivity contribution in [1.29, 1.82) is 0 Å². The zero-order valence-corrected chi connectivity index (χ0v) is 13.7. The van der Waals surface area contributed by atoms with Gasteiger partial charge in [0, 0.05) is 35.6 Å². The minimum absolute atomic E-state index is 0.387. The van der Waals surface area contributed by atoms with E-state index in [1.54, 1.807) is 0 Å². The predicted molar refractivity (Wildman–Crippen MR) is 83.8 cm³/mol. The molecule has 1 atom stereocenters. The van der Waals surface area contributed by atoms with E-state index in [-0.39, 0.29) is 0 Å². The summed E-state index contributed by atoms with van der Waals surface area (Å²) in [5.41, 5.74) is 3.81. The lowest BCUT2D eigenvalue weighted by Gasteiger charge is -2.29. The molecule has 19 heavy (non-hydrogen) atoms. The number of aryl methyl sites for hydroxylation is 2. The first kappa shape index (κ1) is 14.9. The molecule has 0 aliphatic heterocycles. The molecule has 0 saturated heterocycles. The molecule has 0 amide bonds. The van der Waals surface area contributed by atoms with Crippen LogP contribution in [0.5, 0.6) is 0 Å². The molecule has 2 rings (SSSR count). The highest BCUT2D eigenvalue weighted by Gasteiger charge is 2.33. The molecule has 0 spiro atoms. The summed E-state index contributed by atoms with van der Waals surface area (Å²) < 4.78 is 2.46. The number of hydrogen-bond acceptors (Lipinski definition) is 3. The molecule has 3 nitrogen and oxygen atoms in total. The average Bonchev–Trinajstić information content (AvgIpc) is 2.94. The Labute approximate surface area is 121 Å². The van der Waals surface area contributed by atoms with E-state index in [1.165, 1.54) is 36.9 Å². The Morgan fingerprint density at radius 3 is 2.47 bits per heavy atom. The summed E-state index contributed by atoms with van der Waals surface area (Å²) in [6.07, 6.45) is 7.76. The second kappa shape index (κ2) is 5.88. The van der Waals surface area contributed by atoms with Crippen molar-refractivity contribution in [2.24, 2.45) is 7.05 Å². The summed E-state index contributed by atoms with van der Waals surface area (Å²) in [7, 11) is 2.03. The maximum atomic E-state index is 4.52. The van der Waals surface area contributed by atoms with Gasteiger partial charge in [0.25, 0.3) is 0 Å². The van der Waals surface area contributed by atoms with Gasteiger partial charge in [-0.05, 0) is 39.9 Å². The third-order valence-electron chi connectivity index (χ3n) is 4.68. The molecule has 1 aromatic heterocycles. The first-order chi connectivity index (χ1) is 8.99. The van der Waals surface area contributed by atoms with Gasteiger partial charge < -0.3 is 5.32 Å². The first-order valence-corrected chi connectivity index (χ1v) is 8.50. The second-order valence-corrected chi connectivity index (χ2v) is 7.18. The SMILES string of the molecule is CSC1(CNC(C)c2c(C)nn(C)c2C)CCCC1. The lowest BCUT2D eigenvalue weighted by molar-refractivity contribution is 0.484. The molecule has 4 heteroatoms. The summed E-state index contributed by atoms with van der Waals surface area (Å²) in [4.78, 5) is 0. The van der Waals surface area contributed by atoms with Crippen LogP contribution in [0.15, 0.2) is 0 Å². The van der Waals surface area contributed by atoms with E-state index in [0.29, 0.717) is 10.8 Å². The molecule has 1 aliphatic rings. The van der Waals surface area contributed by atoms with Gasteiger partial charge in [-0.1, -0.05) is 12.8 Å². The van der Waals surface area contributed by atoms with Gasteiger partial charge in [0.05, 0.1) is 5.69 Å². The molecule has 1 fully saturated rings. The molecule has 1 saturated carbocycles. The fourth-order valence-corrected chi connectivity index (χ4v) is 4.25. The Kier molecular flexibility index (Phi) is 4.62. The molecule has 1 unspecified atom stereocenters. The van der Waals surface area contributed by atoms with Crippen molar-refractivity contribution in [3.05, 3.63) is 17.0 Å². The molecule has 1 aromatic rings. The van der Waals surface area contributed by atoms with Crippen molar-refractivity contribution >= 4 is 11.8 Å². The highest BCUT2D eigenvalue weighted by Crippen LogP contribution is 2.40. The molecule has 0 bridgehead atoms. The maximum Gasteiger partial charge on any atom is 0.0644 e.